The van der Waals surface area contributed by atoms with E-state index in [1.807, 2.05) is 41.3 Å². The first kappa shape index (κ1) is 24.8. The maximum absolute atomic E-state index is 13.1. The van der Waals surface area contributed by atoms with Crippen LogP contribution >= 0.6 is 23.2 Å². The smallest absolute Gasteiger partial charge is 0.355 e. The van der Waals surface area contributed by atoms with Crippen LogP contribution in [0.5, 0.6) is 0 Å². The third-order valence-electron chi connectivity index (χ3n) is 6.59. The number of nitrogen functional groups attached to an aromatic ring is 1. The number of hydrogen-bond acceptors (Lipinski definition) is 7. The van der Waals surface area contributed by atoms with Gasteiger partial charge in [0.2, 0.25) is 5.95 Å². The van der Waals surface area contributed by atoms with Gasteiger partial charge in [0.25, 0.3) is 5.91 Å². The molecule has 0 saturated carbocycles. The maximum atomic E-state index is 13.1. The van der Waals surface area contributed by atoms with E-state index in [-0.39, 0.29) is 39.1 Å². The van der Waals surface area contributed by atoms with Crippen molar-refractivity contribution in [1.82, 2.24) is 24.4 Å². The Morgan fingerprint density at radius 2 is 1.72 bits per heavy atom. The molecule has 9 nitrogen and oxygen atoms in total. The average molecular weight is 558 g/mol. The van der Waals surface area contributed by atoms with Crippen molar-refractivity contribution in [2.24, 2.45) is 0 Å². The molecule has 0 fully saturated rings. The van der Waals surface area contributed by atoms with Crippen molar-refractivity contribution >= 4 is 57.6 Å². The fraction of sp³-hybridized carbons (Fsp3) is 0.107. The number of nitrogens with one attached hydrogen (secondary N) is 1. The van der Waals surface area contributed by atoms with Gasteiger partial charge in [-0.1, -0.05) is 59.6 Å². The molecule has 0 saturated heterocycles. The van der Waals surface area contributed by atoms with Crippen molar-refractivity contribution in [2.45, 2.75) is 13.0 Å². The zero-order valence-corrected chi connectivity index (χ0v) is 21.9. The lowest BCUT2D eigenvalue weighted by Gasteiger charge is -2.29. The minimum absolute atomic E-state index is 0.00295. The minimum atomic E-state index is -0.674. The fourth-order valence-corrected chi connectivity index (χ4v) is 5.25. The fourth-order valence-electron chi connectivity index (χ4n) is 4.68. The van der Waals surface area contributed by atoms with E-state index in [2.05, 4.69) is 20.3 Å². The summed E-state index contributed by atoms with van der Waals surface area (Å²) in [7, 11) is 0. The quantitative estimate of drug-likeness (QED) is 0.311. The second kappa shape index (κ2) is 10.0. The molecule has 0 spiro atoms. The van der Waals surface area contributed by atoms with Crippen molar-refractivity contribution in [1.29, 1.82) is 0 Å². The first-order valence-corrected chi connectivity index (χ1v) is 12.9. The Hall–Kier alpha value is -4.47. The number of aromatic nitrogens is 4. The molecule has 11 heteroatoms. The minimum Gasteiger partial charge on any atom is -0.384 e. The molecular formula is C28H21Cl2N7O2. The largest absolute Gasteiger partial charge is 0.384 e. The molecule has 6 rings (SSSR count). The maximum Gasteiger partial charge on any atom is 0.355 e. The highest BCUT2D eigenvalue weighted by Gasteiger charge is 2.25. The van der Waals surface area contributed by atoms with Crippen LogP contribution in [-0.4, -0.2) is 36.9 Å². The van der Waals surface area contributed by atoms with Crippen LogP contribution in [0.15, 0.2) is 77.7 Å². The normalized spacial score (nSPS) is 13.0. The van der Waals surface area contributed by atoms with Gasteiger partial charge in [-0.25, -0.2) is 14.3 Å². The summed E-state index contributed by atoms with van der Waals surface area (Å²) in [5, 5.41) is 4.01. The molecule has 0 aliphatic carbocycles. The SMILES string of the molecule is Nc1c2cnc(Nc3ccc4c(c3)CCN(Cc3ccccc3)C4=O)nc2nc(=O)n1-c1c(Cl)cccc1Cl. The van der Waals surface area contributed by atoms with Crippen LogP contribution < -0.4 is 16.7 Å². The Balaban J connectivity index is 1.26. The summed E-state index contributed by atoms with van der Waals surface area (Å²) >= 11 is 12.6. The number of nitrogens with two attached hydrogens (primary N) is 1. The number of carbonyl (C=O) groups is 1. The lowest BCUT2D eigenvalue weighted by molar-refractivity contribution is 0.0727. The third kappa shape index (κ3) is 4.67. The van der Waals surface area contributed by atoms with Crippen LogP contribution in [0.25, 0.3) is 16.7 Å². The lowest BCUT2D eigenvalue weighted by atomic mass is 9.97. The summed E-state index contributed by atoms with van der Waals surface area (Å²) in [6.07, 6.45) is 2.21. The number of rotatable bonds is 5. The van der Waals surface area contributed by atoms with Gasteiger partial charge in [-0.2, -0.15) is 9.97 Å². The van der Waals surface area contributed by atoms with Crippen molar-refractivity contribution in [3.05, 3.63) is 110 Å². The highest BCUT2D eigenvalue weighted by molar-refractivity contribution is 6.37. The number of carbonyl (C=O) groups excluding carboxylic acids is 1. The van der Waals surface area contributed by atoms with Crippen LogP contribution in [-0.2, 0) is 13.0 Å². The summed E-state index contributed by atoms with van der Waals surface area (Å²) in [5.41, 5.74) is 9.42. The van der Waals surface area contributed by atoms with Crippen LogP contribution in [0, 0.1) is 0 Å². The second-order valence-electron chi connectivity index (χ2n) is 9.08. The number of para-hydroxylation sites is 1. The van der Waals surface area contributed by atoms with Crippen molar-refractivity contribution < 1.29 is 4.79 Å². The Morgan fingerprint density at radius 1 is 0.949 bits per heavy atom. The van der Waals surface area contributed by atoms with Gasteiger partial charge in [0.15, 0.2) is 5.65 Å². The monoisotopic (exact) mass is 557 g/mol. The van der Waals surface area contributed by atoms with E-state index in [9.17, 15) is 9.59 Å². The number of amides is 1. The first-order valence-electron chi connectivity index (χ1n) is 12.1. The van der Waals surface area contributed by atoms with Crippen LogP contribution in [0.4, 0.5) is 17.5 Å². The van der Waals surface area contributed by atoms with Gasteiger partial charge in [-0.05, 0) is 47.9 Å². The van der Waals surface area contributed by atoms with Gasteiger partial charge in [-0.3, -0.25) is 4.79 Å². The molecule has 0 radical (unpaired) electrons. The summed E-state index contributed by atoms with van der Waals surface area (Å²) in [6.45, 7) is 1.20. The van der Waals surface area contributed by atoms with E-state index >= 15 is 0 Å². The van der Waals surface area contributed by atoms with Crippen molar-refractivity contribution in [3.8, 4) is 5.69 Å². The number of benzene rings is 3. The molecule has 39 heavy (non-hydrogen) atoms. The zero-order chi connectivity index (χ0) is 27.1. The number of fused-ring (bicyclic) bond motifs is 2. The summed E-state index contributed by atoms with van der Waals surface area (Å²) < 4.78 is 1.14. The van der Waals surface area contributed by atoms with Gasteiger partial charge in [0, 0.05) is 30.5 Å². The Kier molecular flexibility index (Phi) is 6.38. The van der Waals surface area contributed by atoms with Crippen molar-refractivity contribution in [2.75, 3.05) is 17.6 Å². The molecule has 0 unspecified atom stereocenters. The van der Waals surface area contributed by atoms with Gasteiger partial charge in [0.05, 0.1) is 21.1 Å². The standard InChI is InChI=1S/C28H21Cl2N7O2/c29-21-7-4-8-22(30)23(21)37-24(31)20-14-32-27(34-25(20)35-28(37)39)33-18-9-10-19-17(13-18)11-12-36(26(19)38)15-16-5-2-1-3-6-16/h1-10,13-14H,11-12,15,31H2,(H,33,34,35,39). The van der Waals surface area contributed by atoms with E-state index < -0.39 is 5.69 Å². The summed E-state index contributed by atoms with van der Waals surface area (Å²) in [6, 6.07) is 20.3. The average Bonchev–Trinajstić information content (AvgIpc) is 2.92. The van der Waals surface area contributed by atoms with Gasteiger partial charge in [0.1, 0.15) is 5.82 Å². The van der Waals surface area contributed by atoms with E-state index in [1.165, 1.54) is 6.20 Å². The summed E-state index contributed by atoms with van der Waals surface area (Å²) in [5.74, 6) is 0.303. The van der Waals surface area contributed by atoms with E-state index in [0.717, 1.165) is 22.1 Å². The highest BCUT2D eigenvalue weighted by Crippen LogP contribution is 2.31. The predicted octanol–water partition coefficient (Wildman–Crippen LogP) is 5.01. The van der Waals surface area contributed by atoms with Crippen LogP contribution in [0.3, 0.4) is 0 Å². The Labute approximate surface area is 232 Å². The van der Waals surface area contributed by atoms with E-state index in [4.69, 9.17) is 28.9 Å². The molecule has 194 valence electrons. The molecule has 1 amide bonds. The van der Waals surface area contributed by atoms with E-state index in [0.29, 0.717) is 29.7 Å². The lowest BCUT2D eigenvalue weighted by Crippen LogP contribution is -2.37. The van der Waals surface area contributed by atoms with Crippen molar-refractivity contribution in [3.63, 3.8) is 0 Å². The summed E-state index contributed by atoms with van der Waals surface area (Å²) in [4.78, 5) is 40.7. The highest BCUT2D eigenvalue weighted by atomic mass is 35.5. The topological polar surface area (TPSA) is 119 Å². The third-order valence-corrected chi connectivity index (χ3v) is 7.20. The molecule has 3 heterocycles. The zero-order valence-electron chi connectivity index (χ0n) is 20.4. The van der Waals surface area contributed by atoms with Gasteiger partial charge >= 0.3 is 5.69 Å². The number of nitrogens with zero attached hydrogens (tertiary/aromatic N) is 5. The number of hydrogen-bond donors (Lipinski definition) is 2. The molecule has 0 atom stereocenters. The molecule has 5 aromatic rings. The van der Waals surface area contributed by atoms with Crippen LogP contribution in [0.1, 0.15) is 21.5 Å². The molecular weight excluding hydrogens is 537 g/mol. The van der Waals surface area contributed by atoms with Gasteiger partial charge < -0.3 is 16.0 Å². The Bertz CT molecular complexity index is 1790. The molecule has 1 aliphatic rings. The number of anilines is 3. The number of halogens is 2. The molecule has 3 aromatic carbocycles. The first-order chi connectivity index (χ1) is 18.9. The Morgan fingerprint density at radius 3 is 2.49 bits per heavy atom. The van der Waals surface area contributed by atoms with Crippen LogP contribution in [0.2, 0.25) is 10.0 Å². The molecule has 3 N–H and O–H groups in total. The molecule has 0 bridgehead atoms. The van der Waals surface area contributed by atoms with E-state index in [1.54, 1.807) is 30.3 Å². The molecule has 2 aromatic heterocycles. The van der Waals surface area contributed by atoms with Gasteiger partial charge in [-0.15, -0.1) is 0 Å². The molecule has 1 aliphatic heterocycles. The second-order valence-corrected chi connectivity index (χ2v) is 9.89. The predicted molar refractivity (Wildman–Crippen MR) is 152 cm³/mol.